The van der Waals surface area contributed by atoms with Gasteiger partial charge < -0.3 is 10.2 Å². The maximum Gasteiger partial charge on any atom is 0.118 e. The number of aliphatic hydroxyl groups excluding tert-OH is 2. The molecular weight excluding hydrogens is 284 g/mol. The molecule has 0 saturated heterocycles. The molecule has 3 saturated carbocycles. The number of allylic oxidation sites excluding steroid dienone is 3. The molecule has 2 heteroatoms. The van der Waals surface area contributed by atoms with E-state index in [1.165, 1.54) is 12.0 Å². The Morgan fingerprint density at radius 2 is 1.87 bits per heavy atom. The Kier molecular flexibility index (Phi) is 3.36. The maximum absolute atomic E-state index is 10.6. The summed E-state index contributed by atoms with van der Waals surface area (Å²) in [5.41, 5.74) is 2.22. The normalized spacial score (nSPS) is 49.4. The van der Waals surface area contributed by atoms with Gasteiger partial charge in [0.25, 0.3) is 0 Å². The van der Waals surface area contributed by atoms with E-state index in [2.05, 4.69) is 26.2 Å². The van der Waals surface area contributed by atoms with Gasteiger partial charge in [-0.1, -0.05) is 19.6 Å². The lowest BCUT2D eigenvalue weighted by atomic mass is 9.46. The Morgan fingerprint density at radius 1 is 1.09 bits per heavy atom. The second kappa shape index (κ2) is 4.99. The predicted octanol–water partition coefficient (Wildman–Crippen LogP) is 4.92. The molecule has 0 amide bonds. The average Bonchev–Trinajstić information content (AvgIpc) is 2.86. The molecule has 0 spiro atoms. The van der Waals surface area contributed by atoms with Gasteiger partial charge in [-0.25, -0.2) is 0 Å². The van der Waals surface area contributed by atoms with Gasteiger partial charge >= 0.3 is 0 Å². The van der Waals surface area contributed by atoms with Crippen LogP contribution < -0.4 is 0 Å². The van der Waals surface area contributed by atoms with Crippen molar-refractivity contribution in [2.24, 2.45) is 28.6 Å². The molecule has 0 unspecified atom stereocenters. The van der Waals surface area contributed by atoms with Crippen LogP contribution in [0, 0.1) is 28.6 Å². The molecule has 0 aromatic carbocycles. The van der Waals surface area contributed by atoms with Crippen LogP contribution in [-0.2, 0) is 0 Å². The number of hydrogen-bond acceptors (Lipinski definition) is 2. The second-order valence-electron chi connectivity index (χ2n) is 8.73. The van der Waals surface area contributed by atoms with Crippen molar-refractivity contribution >= 4 is 0 Å². The summed E-state index contributed by atoms with van der Waals surface area (Å²) in [5.74, 6) is 2.38. The van der Waals surface area contributed by atoms with E-state index in [-0.39, 0.29) is 16.9 Å². The summed E-state index contributed by atoms with van der Waals surface area (Å²) < 4.78 is 0. The van der Waals surface area contributed by atoms with E-state index in [9.17, 15) is 10.2 Å². The fourth-order valence-corrected chi connectivity index (χ4v) is 6.81. The van der Waals surface area contributed by atoms with Crippen LogP contribution in [0.1, 0.15) is 58.3 Å². The lowest BCUT2D eigenvalue weighted by molar-refractivity contribution is -0.0676. The molecule has 2 nitrogen and oxygen atoms in total. The van der Waals surface area contributed by atoms with Gasteiger partial charge in [0.15, 0.2) is 0 Å². The molecular formula is C21H30O2. The van der Waals surface area contributed by atoms with Crippen molar-refractivity contribution in [2.75, 3.05) is 0 Å². The van der Waals surface area contributed by atoms with Crippen molar-refractivity contribution in [3.05, 3.63) is 36.1 Å². The molecule has 0 aromatic rings. The van der Waals surface area contributed by atoms with Gasteiger partial charge in [-0.05, 0) is 85.7 Å². The Labute approximate surface area is 140 Å². The second-order valence-corrected chi connectivity index (χ2v) is 8.73. The third-order valence-corrected chi connectivity index (χ3v) is 8.16. The zero-order chi connectivity index (χ0) is 16.4. The molecule has 0 heterocycles. The fourth-order valence-electron chi connectivity index (χ4n) is 6.81. The SMILES string of the molecule is C=C[C@]12CCC(=C)C(O)=C1CC[C@H]1[C@@H]3CC[C@H](O)[C@@]3(C)CC[C@@H]12. The molecule has 3 fully saturated rings. The summed E-state index contributed by atoms with van der Waals surface area (Å²) in [7, 11) is 0. The molecule has 4 rings (SSSR count). The summed E-state index contributed by atoms with van der Waals surface area (Å²) in [6, 6.07) is 0. The van der Waals surface area contributed by atoms with E-state index in [4.69, 9.17) is 0 Å². The topological polar surface area (TPSA) is 40.5 Å². The quantitative estimate of drug-likeness (QED) is 0.675. The molecule has 0 aromatic heterocycles. The van der Waals surface area contributed by atoms with Crippen LogP contribution in [0.2, 0.25) is 0 Å². The summed E-state index contributed by atoms with van der Waals surface area (Å²) in [6.07, 6.45) is 10.5. The van der Waals surface area contributed by atoms with Crippen LogP contribution in [0.25, 0.3) is 0 Å². The first-order valence-electron chi connectivity index (χ1n) is 9.36. The van der Waals surface area contributed by atoms with Crippen LogP contribution in [0.15, 0.2) is 36.1 Å². The first-order chi connectivity index (χ1) is 10.9. The minimum Gasteiger partial charge on any atom is -0.508 e. The summed E-state index contributed by atoms with van der Waals surface area (Å²) in [5, 5.41) is 21.2. The summed E-state index contributed by atoms with van der Waals surface area (Å²) in [4.78, 5) is 0. The lowest BCUT2D eigenvalue weighted by Gasteiger charge is -2.58. The molecule has 4 aliphatic rings. The Balaban J connectivity index is 1.76. The summed E-state index contributed by atoms with van der Waals surface area (Å²) >= 11 is 0. The first kappa shape index (κ1) is 15.5. The van der Waals surface area contributed by atoms with Crippen molar-refractivity contribution in [3.8, 4) is 0 Å². The average molecular weight is 314 g/mol. The highest BCUT2D eigenvalue weighted by atomic mass is 16.3. The fraction of sp³-hybridized carbons (Fsp3) is 0.714. The van der Waals surface area contributed by atoms with Crippen molar-refractivity contribution in [1.29, 1.82) is 0 Å². The predicted molar refractivity (Wildman–Crippen MR) is 92.9 cm³/mol. The third kappa shape index (κ3) is 1.85. The largest absolute Gasteiger partial charge is 0.508 e. The van der Waals surface area contributed by atoms with Gasteiger partial charge in [0, 0.05) is 5.41 Å². The Bertz CT molecular complexity index is 589. The van der Waals surface area contributed by atoms with Crippen LogP contribution in [0.4, 0.5) is 0 Å². The molecule has 0 aliphatic heterocycles. The van der Waals surface area contributed by atoms with E-state index in [1.54, 1.807) is 0 Å². The molecule has 2 N–H and O–H groups in total. The minimum absolute atomic E-state index is 0.0247. The third-order valence-electron chi connectivity index (χ3n) is 8.16. The first-order valence-corrected chi connectivity index (χ1v) is 9.36. The van der Waals surface area contributed by atoms with Gasteiger partial charge in [-0.3, -0.25) is 0 Å². The van der Waals surface area contributed by atoms with Gasteiger partial charge in [-0.15, -0.1) is 6.58 Å². The van der Waals surface area contributed by atoms with Gasteiger partial charge in [-0.2, -0.15) is 0 Å². The van der Waals surface area contributed by atoms with Crippen LogP contribution >= 0.6 is 0 Å². The molecule has 0 bridgehead atoms. The molecule has 4 aliphatic carbocycles. The van der Waals surface area contributed by atoms with Crippen molar-refractivity contribution < 1.29 is 10.2 Å². The zero-order valence-corrected chi connectivity index (χ0v) is 14.4. The Morgan fingerprint density at radius 3 is 2.61 bits per heavy atom. The molecule has 6 atom stereocenters. The highest BCUT2D eigenvalue weighted by Crippen LogP contribution is 2.66. The molecule has 126 valence electrons. The van der Waals surface area contributed by atoms with Gasteiger partial charge in [0.05, 0.1) is 6.10 Å². The minimum atomic E-state index is -0.121. The lowest BCUT2D eigenvalue weighted by Crippen LogP contribution is -2.51. The standard InChI is InChI=1S/C21H30O2/c1-4-21-12-9-13(2)19(23)17(21)6-5-14-15-7-8-18(22)20(15,3)11-10-16(14)21/h4,14-16,18,22-23H,1-2,5-12H2,3H3/t14-,15-,16-,18-,20-,21+/m0/s1. The zero-order valence-electron chi connectivity index (χ0n) is 14.4. The van der Waals surface area contributed by atoms with Crippen LogP contribution in [0.5, 0.6) is 0 Å². The molecule has 0 radical (unpaired) electrons. The van der Waals surface area contributed by atoms with Gasteiger partial charge in [0.2, 0.25) is 0 Å². The van der Waals surface area contributed by atoms with Crippen LogP contribution in [-0.4, -0.2) is 16.3 Å². The highest BCUT2D eigenvalue weighted by Gasteiger charge is 2.59. The van der Waals surface area contributed by atoms with E-state index < -0.39 is 0 Å². The van der Waals surface area contributed by atoms with Crippen LogP contribution in [0.3, 0.4) is 0 Å². The molecule has 23 heavy (non-hydrogen) atoms. The van der Waals surface area contributed by atoms with E-state index in [1.807, 2.05) is 0 Å². The highest BCUT2D eigenvalue weighted by molar-refractivity contribution is 5.41. The smallest absolute Gasteiger partial charge is 0.118 e. The maximum atomic E-state index is 10.6. The summed E-state index contributed by atoms with van der Waals surface area (Å²) in [6.45, 7) is 10.6. The van der Waals surface area contributed by atoms with Crippen molar-refractivity contribution in [1.82, 2.24) is 0 Å². The monoisotopic (exact) mass is 314 g/mol. The van der Waals surface area contributed by atoms with Crippen molar-refractivity contribution in [2.45, 2.75) is 64.4 Å². The van der Waals surface area contributed by atoms with E-state index >= 15 is 0 Å². The number of aliphatic hydroxyl groups is 2. The number of hydrogen-bond donors (Lipinski definition) is 2. The van der Waals surface area contributed by atoms with Crippen molar-refractivity contribution in [3.63, 3.8) is 0 Å². The van der Waals surface area contributed by atoms with E-state index in [0.29, 0.717) is 23.5 Å². The Hall–Kier alpha value is -1.02. The van der Waals surface area contributed by atoms with E-state index in [0.717, 1.165) is 50.5 Å². The van der Waals surface area contributed by atoms with Gasteiger partial charge in [0.1, 0.15) is 5.76 Å². The number of rotatable bonds is 1. The number of fused-ring (bicyclic) bond motifs is 5.